The van der Waals surface area contributed by atoms with Crippen LogP contribution in [0.1, 0.15) is 57.8 Å². The lowest BCUT2D eigenvalue weighted by Crippen LogP contribution is -2.05. The van der Waals surface area contributed by atoms with Gasteiger partial charge in [-0.05, 0) is 74.8 Å². The van der Waals surface area contributed by atoms with Crippen molar-refractivity contribution in [1.82, 2.24) is 0 Å². The molecule has 1 aromatic heterocycles. The van der Waals surface area contributed by atoms with Crippen LogP contribution < -0.4 is 4.74 Å². The van der Waals surface area contributed by atoms with Crippen LogP contribution in [-0.4, -0.2) is 12.9 Å². The molecule has 3 nitrogen and oxygen atoms in total. The van der Waals surface area contributed by atoms with Crippen LogP contribution in [0, 0.1) is 25.7 Å². The minimum atomic E-state index is -0.0158. The Balaban J connectivity index is 0.000000349. The van der Waals surface area contributed by atoms with Gasteiger partial charge in [-0.25, -0.2) is 0 Å². The minimum absolute atomic E-state index is 0.0158. The molecular formula is C26H28O3. The molecule has 5 rings (SSSR count). The molecular weight excluding hydrogens is 360 g/mol. The highest BCUT2D eigenvalue weighted by atomic mass is 16.5. The molecule has 3 heteroatoms. The number of carbonyl (C=O) groups is 1. The third-order valence-corrected chi connectivity index (χ3v) is 6.22. The lowest BCUT2D eigenvalue weighted by molar-refractivity contribution is 0.103. The smallest absolute Gasteiger partial charge is 0.196 e. The lowest BCUT2D eigenvalue weighted by Gasteiger charge is -2.05. The quantitative estimate of drug-likeness (QED) is 0.493. The van der Waals surface area contributed by atoms with E-state index in [0.717, 1.165) is 28.4 Å². The molecule has 0 N–H and O–H groups in total. The maximum absolute atomic E-state index is 13.0. The molecule has 3 aromatic rings. The third kappa shape index (κ3) is 4.29. The number of rotatable bonds is 5. The average molecular weight is 389 g/mol. The van der Waals surface area contributed by atoms with Crippen molar-refractivity contribution in [2.75, 3.05) is 7.11 Å². The summed E-state index contributed by atoms with van der Waals surface area (Å²) in [5, 5.41) is 0. The van der Waals surface area contributed by atoms with E-state index in [1.165, 1.54) is 11.8 Å². The topological polar surface area (TPSA) is 39.4 Å². The van der Waals surface area contributed by atoms with E-state index >= 15 is 0 Å². The Kier molecular flexibility index (Phi) is 5.57. The zero-order valence-electron chi connectivity index (χ0n) is 17.4. The van der Waals surface area contributed by atoms with E-state index in [-0.39, 0.29) is 5.78 Å². The minimum Gasteiger partial charge on any atom is -0.497 e. The van der Waals surface area contributed by atoms with Crippen molar-refractivity contribution in [3.63, 3.8) is 0 Å². The molecule has 2 fully saturated rings. The fourth-order valence-electron chi connectivity index (χ4n) is 3.97. The van der Waals surface area contributed by atoms with Crippen LogP contribution in [-0.2, 0) is 6.42 Å². The lowest BCUT2D eigenvalue weighted by atomic mass is 9.97. The van der Waals surface area contributed by atoms with E-state index in [2.05, 4.69) is 0 Å². The van der Waals surface area contributed by atoms with Gasteiger partial charge in [0.15, 0.2) is 5.78 Å². The molecule has 0 saturated heterocycles. The van der Waals surface area contributed by atoms with E-state index in [1.54, 1.807) is 50.6 Å². The van der Waals surface area contributed by atoms with Gasteiger partial charge < -0.3 is 9.15 Å². The second-order valence-corrected chi connectivity index (χ2v) is 8.13. The van der Waals surface area contributed by atoms with E-state index in [1.807, 2.05) is 44.2 Å². The molecule has 150 valence electrons. The first kappa shape index (κ1) is 19.5. The van der Waals surface area contributed by atoms with Crippen molar-refractivity contribution in [2.24, 2.45) is 11.8 Å². The monoisotopic (exact) mass is 388 g/mol. The number of hydrogen-bond donors (Lipinski definition) is 0. The highest BCUT2D eigenvalue weighted by Gasteiger charge is 2.44. The third-order valence-electron chi connectivity index (χ3n) is 6.22. The summed E-state index contributed by atoms with van der Waals surface area (Å²) >= 11 is 0. The molecule has 2 unspecified atom stereocenters. The summed E-state index contributed by atoms with van der Waals surface area (Å²) in [5.41, 5.74) is 3.33. The van der Waals surface area contributed by atoms with Crippen LogP contribution in [0.3, 0.4) is 0 Å². The molecule has 2 saturated carbocycles. The summed E-state index contributed by atoms with van der Waals surface area (Å²) < 4.78 is 11.0. The fraction of sp³-hybridized carbons (Fsp3) is 0.346. The molecule has 2 aromatic carbocycles. The Morgan fingerprint density at radius 3 is 2.17 bits per heavy atom. The van der Waals surface area contributed by atoms with Crippen LogP contribution in [0.4, 0.5) is 0 Å². The van der Waals surface area contributed by atoms with Gasteiger partial charge in [0.05, 0.1) is 12.7 Å². The predicted molar refractivity (Wildman–Crippen MR) is 115 cm³/mol. The normalized spacial score (nSPS) is 18.7. The second-order valence-electron chi connectivity index (χ2n) is 8.13. The summed E-state index contributed by atoms with van der Waals surface area (Å²) in [7, 11) is 1.61. The number of furan rings is 1. The fourth-order valence-corrected chi connectivity index (χ4v) is 3.97. The second kappa shape index (κ2) is 8.28. The van der Waals surface area contributed by atoms with Gasteiger partial charge in [-0.15, -0.1) is 0 Å². The summed E-state index contributed by atoms with van der Waals surface area (Å²) in [4.78, 5) is 13.0. The van der Waals surface area contributed by atoms with Crippen molar-refractivity contribution in [1.29, 1.82) is 0 Å². The molecule has 2 aliphatic carbocycles. The molecule has 2 aliphatic rings. The number of ketones is 1. The molecule has 0 bridgehead atoms. The standard InChI is InChI=1S/C21H20O3.C5H8/c1-14-15(2)24-19(13-16-7-5-4-6-8-16)20(14)21(22)17-9-11-18(23-3)12-10-17;1-2-5-3-4(1)5/h4-12H,13H2,1-3H3;4-5H,1-3H2. The maximum atomic E-state index is 13.0. The number of carbonyl (C=O) groups excluding carboxylic acids is 1. The van der Waals surface area contributed by atoms with Gasteiger partial charge in [0.2, 0.25) is 0 Å². The highest BCUT2D eigenvalue weighted by molar-refractivity contribution is 6.10. The first-order valence-electron chi connectivity index (χ1n) is 10.4. The zero-order valence-corrected chi connectivity index (χ0v) is 17.4. The van der Waals surface area contributed by atoms with Gasteiger partial charge in [-0.3, -0.25) is 4.79 Å². The van der Waals surface area contributed by atoms with Crippen molar-refractivity contribution >= 4 is 5.78 Å². The maximum Gasteiger partial charge on any atom is 0.196 e. The Morgan fingerprint density at radius 2 is 1.66 bits per heavy atom. The zero-order chi connectivity index (χ0) is 20.4. The highest BCUT2D eigenvalue weighted by Crippen LogP contribution is 2.55. The largest absolute Gasteiger partial charge is 0.497 e. The van der Waals surface area contributed by atoms with Crippen molar-refractivity contribution in [3.05, 3.63) is 88.4 Å². The number of fused-ring (bicyclic) bond motifs is 1. The average Bonchev–Trinajstić information content (AvgIpc) is 3.23. The summed E-state index contributed by atoms with van der Waals surface area (Å²) in [6, 6.07) is 17.2. The van der Waals surface area contributed by atoms with Gasteiger partial charge in [-0.1, -0.05) is 30.3 Å². The molecule has 0 amide bonds. The van der Waals surface area contributed by atoms with Gasteiger partial charge in [0.1, 0.15) is 17.3 Å². The van der Waals surface area contributed by atoms with Crippen LogP contribution >= 0.6 is 0 Å². The Morgan fingerprint density at radius 1 is 1.00 bits per heavy atom. The molecule has 0 spiro atoms. The van der Waals surface area contributed by atoms with Crippen LogP contribution in [0.5, 0.6) is 5.75 Å². The molecule has 0 radical (unpaired) electrons. The Hall–Kier alpha value is -2.81. The SMILES string of the molecule is C1CC2CC12.COc1ccc(C(=O)c2c(Cc3ccccc3)oc(C)c2C)cc1. The van der Waals surface area contributed by atoms with Crippen molar-refractivity contribution in [3.8, 4) is 5.75 Å². The molecule has 29 heavy (non-hydrogen) atoms. The Bertz CT molecular complexity index is 971. The molecule has 0 aliphatic heterocycles. The van der Waals surface area contributed by atoms with Crippen LogP contribution in [0.2, 0.25) is 0 Å². The van der Waals surface area contributed by atoms with E-state index in [9.17, 15) is 4.79 Å². The number of benzene rings is 2. The molecule has 2 atom stereocenters. The first-order chi connectivity index (χ1) is 14.1. The summed E-state index contributed by atoms with van der Waals surface area (Å²) in [6.07, 6.45) is 5.31. The van der Waals surface area contributed by atoms with Crippen molar-refractivity contribution in [2.45, 2.75) is 39.5 Å². The first-order valence-corrected chi connectivity index (χ1v) is 10.4. The van der Waals surface area contributed by atoms with Crippen LogP contribution in [0.15, 0.2) is 59.0 Å². The van der Waals surface area contributed by atoms with Gasteiger partial charge in [0, 0.05) is 17.5 Å². The van der Waals surface area contributed by atoms with Gasteiger partial charge >= 0.3 is 0 Å². The molecule has 1 heterocycles. The summed E-state index contributed by atoms with van der Waals surface area (Å²) in [6.45, 7) is 3.83. The summed E-state index contributed by atoms with van der Waals surface area (Å²) in [5.74, 6) is 4.69. The van der Waals surface area contributed by atoms with E-state index in [4.69, 9.17) is 9.15 Å². The predicted octanol–water partition coefficient (Wildman–Crippen LogP) is 6.14. The van der Waals surface area contributed by atoms with Crippen LogP contribution in [0.25, 0.3) is 0 Å². The van der Waals surface area contributed by atoms with Gasteiger partial charge in [0.25, 0.3) is 0 Å². The number of hydrogen-bond acceptors (Lipinski definition) is 3. The van der Waals surface area contributed by atoms with E-state index in [0.29, 0.717) is 17.5 Å². The van der Waals surface area contributed by atoms with E-state index < -0.39 is 0 Å². The van der Waals surface area contributed by atoms with Gasteiger partial charge in [-0.2, -0.15) is 0 Å². The number of ether oxygens (including phenoxy) is 1. The van der Waals surface area contributed by atoms with Crippen molar-refractivity contribution < 1.29 is 13.9 Å². The number of aryl methyl sites for hydroxylation is 1. The number of methoxy groups -OCH3 is 1. The Labute approximate surface area is 172 Å².